The van der Waals surface area contributed by atoms with Gasteiger partial charge in [0, 0.05) is 17.2 Å². The average Bonchev–Trinajstić information content (AvgIpc) is 2.82. The minimum atomic E-state index is 0.487. The largest absolute Gasteiger partial charge is 0.320 e. The Labute approximate surface area is 128 Å². The van der Waals surface area contributed by atoms with E-state index in [9.17, 15) is 0 Å². The van der Waals surface area contributed by atoms with E-state index in [1.807, 2.05) is 18.2 Å². The van der Waals surface area contributed by atoms with Gasteiger partial charge in [-0.3, -0.25) is 0 Å². The second-order valence-corrected chi connectivity index (χ2v) is 6.43. The van der Waals surface area contributed by atoms with E-state index in [2.05, 4.69) is 47.3 Å². The van der Waals surface area contributed by atoms with Gasteiger partial charge in [0.25, 0.3) is 0 Å². The molecule has 0 N–H and O–H groups in total. The third-order valence-electron chi connectivity index (χ3n) is 3.55. The Kier molecular flexibility index (Phi) is 3.92. The summed E-state index contributed by atoms with van der Waals surface area (Å²) in [6, 6.07) is 8.20. The zero-order valence-electron chi connectivity index (χ0n) is 12.3. The monoisotopic (exact) mass is 298 g/mol. The molecule has 5 heteroatoms. The number of thioether (sulfide) groups is 1. The first kappa shape index (κ1) is 14.1. The Morgan fingerprint density at radius 1 is 1.33 bits per heavy atom. The molecule has 108 valence electrons. The smallest absolute Gasteiger partial charge is 0.211 e. The van der Waals surface area contributed by atoms with Crippen LogP contribution in [-0.4, -0.2) is 25.0 Å². The van der Waals surface area contributed by atoms with Gasteiger partial charge >= 0.3 is 0 Å². The summed E-state index contributed by atoms with van der Waals surface area (Å²) >= 11 is 1.67. The van der Waals surface area contributed by atoms with Crippen molar-refractivity contribution in [2.24, 2.45) is 0 Å². The van der Waals surface area contributed by atoms with E-state index in [4.69, 9.17) is 4.98 Å². The van der Waals surface area contributed by atoms with E-state index in [1.165, 1.54) is 0 Å². The van der Waals surface area contributed by atoms with Crippen LogP contribution in [-0.2, 0) is 6.54 Å². The quantitative estimate of drug-likeness (QED) is 0.526. The lowest BCUT2D eigenvalue weighted by molar-refractivity contribution is 0.819. The highest BCUT2D eigenvalue weighted by Crippen LogP contribution is 2.28. The molecule has 2 aromatic heterocycles. The lowest BCUT2D eigenvalue weighted by Gasteiger charge is -2.06. The third-order valence-corrected chi connectivity index (χ3v) is 4.67. The second-order valence-electron chi connectivity index (χ2n) is 5.02. The maximum absolute atomic E-state index is 4.72. The number of rotatable bonds is 5. The fraction of sp³-hybridized carbons (Fsp3) is 0.312. The molecule has 0 amide bonds. The predicted octanol–water partition coefficient (Wildman–Crippen LogP) is 4.06. The number of fused-ring (bicyclic) bond motifs is 3. The van der Waals surface area contributed by atoms with Gasteiger partial charge in [-0.05, 0) is 12.5 Å². The first-order valence-electron chi connectivity index (χ1n) is 7.13. The highest BCUT2D eigenvalue weighted by atomic mass is 32.2. The summed E-state index contributed by atoms with van der Waals surface area (Å²) in [5.41, 5.74) is 2.87. The van der Waals surface area contributed by atoms with Crippen LogP contribution in [0.1, 0.15) is 20.3 Å². The first-order chi connectivity index (χ1) is 10.2. The fourth-order valence-electron chi connectivity index (χ4n) is 2.32. The van der Waals surface area contributed by atoms with Gasteiger partial charge in [0.2, 0.25) is 5.16 Å². The normalized spacial score (nSPS) is 12.9. The van der Waals surface area contributed by atoms with Gasteiger partial charge in [-0.2, -0.15) is 0 Å². The van der Waals surface area contributed by atoms with Crippen LogP contribution in [0.3, 0.4) is 0 Å². The van der Waals surface area contributed by atoms with Crippen molar-refractivity contribution in [3.05, 3.63) is 36.9 Å². The molecule has 1 aromatic carbocycles. The minimum Gasteiger partial charge on any atom is -0.320 e. The molecule has 21 heavy (non-hydrogen) atoms. The zero-order valence-corrected chi connectivity index (χ0v) is 13.1. The Morgan fingerprint density at radius 2 is 2.14 bits per heavy atom. The van der Waals surface area contributed by atoms with E-state index >= 15 is 0 Å². The highest BCUT2D eigenvalue weighted by Gasteiger charge is 2.14. The van der Waals surface area contributed by atoms with Gasteiger partial charge in [0.05, 0.1) is 5.52 Å². The van der Waals surface area contributed by atoms with Gasteiger partial charge in [-0.15, -0.1) is 16.8 Å². The van der Waals surface area contributed by atoms with E-state index in [0.717, 1.165) is 40.2 Å². The number of allylic oxidation sites excluding steroid dienone is 1. The molecule has 0 bridgehead atoms. The maximum atomic E-state index is 4.72. The van der Waals surface area contributed by atoms with Gasteiger partial charge in [0.15, 0.2) is 5.65 Å². The zero-order chi connectivity index (χ0) is 14.8. The number of aromatic nitrogens is 4. The molecule has 0 aliphatic rings. The SMILES string of the molecule is C=CCn1c2ccccc2c2nnc(S[C@@H](C)CC)nc21. The average molecular weight is 298 g/mol. The van der Waals surface area contributed by atoms with Crippen LogP contribution in [0.4, 0.5) is 0 Å². The van der Waals surface area contributed by atoms with E-state index in [1.54, 1.807) is 11.8 Å². The molecule has 0 fully saturated rings. The Balaban J connectivity index is 2.21. The predicted molar refractivity (Wildman–Crippen MR) is 88.6 cm³/mol. The molecule has 2 heterocycles. The molecule has 1 atom stereocenters. The number of hydrogen-bond donors (Lipinski definition) is 0. The lowest BCUT2D eigenvalue weighted by atomic mass is 10.2. The summed E-state index contributed by atoms with van der Waals surface area (Å²) in [6.07, 6.45) is 2.97. The number of benzene rings is 1. The van der Waals surface area contributed by atoms with Crippen molar-refractivity contribution in [1.29, 1.82) is 0 Å². The molecule has 0 radical (unpaired) electrons. The van der Waals surface area contributed by atoms with Gasteiger partial charge in [-0.25, -0.2) is 4.98 Å². The maximum Gasteiger partial charge on any atom is 0.211 e. The first-order valence-corrected chi connectivity index (χ1v) is 8.01. The van der Waals surface area contributed by atoms with Gasteiger partial charge < -0.3 is 4.57 Å². The molecule has 0 saturated heterocycles. The van der Waals surface area contributed by atoms with E-state index < -0.39 is 0 Å². The lowest BCUT2D eigenvalue weighted by Crippen LogP contribution is -2.01. The van der Waals surface area contributed by atoms with Gasteiger partial charge in [0.1, 0.15) is 5.52 Å². The van der Waals surface area contributed by atoms with Crippen molar-refractivity contribution in [3.63, 3.8) is 0 Å². The summed E-state index contributed by atoms with van der Waals surface area (Å²) in [7, 11) is 0. The summed E-state index contributed by atoms with van der Waals surface area (Å²) in [6.45, 7) is 8.90. The molecule has 3 rings (SSSR count). The van der Waals surface area contributed by atoms with Crippen LogP contribution in [0.2, 0.25) is 0 Å². The minimum absolute atomic E-state index is 0.487. The topological polar surface area (TPSA) is 43.6 Å². The van der Waals surface area contributed by atoms with Crippen LogP contribution < -0.4 is 0 Å². The molecule has 0 unspecified atom stereocenters. The standard InChI is InChI=1S/C16H18N4S/c1-4-10-20-13-9-7-6-8-12(13)14-15(20)17-16(19-18-14)21-11(3)5-2/h4,6-9,11H,1,5,10H2,2-3H3/t11-/m0/s1. The van der Waals surface area contributed by atoms with E-state index in [0.29, 0.717) is 5.25 Å². The van der Waals surface area contributed by atoms with Crippen molar-refractivity contribution in [2.45, 2.75) is 37.2 Å². The summed E-state index contributed by atoms with van der Waals surface area (Å²) < 4.78 is 2.15. The van der Waals surface area contributed by atoms with E-state index in [-0.39, 0.29) is 0 Å². The van der Waals surface area contributed by atoms with Crippen molar-refractivity contribution < 1.29 is 0 Å². The number of para-hydroxylation sites is 1. The molecule has 0 saturated carbocycles. The van der Waals surface area contributed by atoms with Crippen LogP contribution in [0, 0.1) is 0 Å². The van der Waals surface area contributed by atoms with Crippen LogP contribution in [0.25, 0.3) is 22.1 Å². The Hall–Kier alpha value is -1.88. The Morgan fingerprint density at radius 3 is 2.90 bits per heavy atom. The summed E-state index contributed by atoms with van der Waals surface area (Å²) in [5.74, 6) is 0. The molecule has 4 nitrogen and oxygen atoms in total. The summed E-state index contributed by atoms with van der Waals surface area (Å²) in [4.78, 5) is 4.72. The van der Waals surface area contributed by atoms with Crippen molar-refractivity contribution in [1.82, 2.24) is 19.7 Å². The highest BCUT2D eigenvalue weighted by molar-refractivity contribution is 7.99. The number of hydrogen-bond acceptors (Lipinski definition) is 4. The van der Waals surface area contributed by atoms with Gasteiger partial charge in [-0.1, -0.05) is 49.9 Å². The molecule has 3 aromatic rings. The second kappa shape index (κ2) is 5.85. The molecule has 0 aliphatic heterocycles. The summed E-state index contributed by atoms with van der Waals surface area (Å²) in [5, 5.41) is 11.0. The third kappa shape index (κ3) is 2.53. The Bertz CT molecular complexity index is 793. The van der Waals surface area contributed by atoms with Crippen LogP contribution in [0.5, 0.6) is 0 Å². The molecular weight excluding hydrogens is 280 g/mol. The van der Waals surface area contributed by atoms with Crippen molar-refractivity contribution in [3.8, 4) is 0 Å². The molecular formula is C16H18N4S. The number of nitrogens with zero attached hydrogens (tertiary/aromatic N) is 4. The van der Waals surface area contributed by atoms with Crippen LogP contribution >= 0.6 is 11.8 Å². The van der Waals surface area contributed by atoms with Crippen molar-refractivity contribution in [2.75, 3.05) is 0 Å². The fourth-order valence-corrected chi connectivity index (χ4v) is 3.07. The molecule has 0 aliphatic carbocycles. The van der Waals surface area contributed by atoms with Crippen LogP contribution in [0.15, 0.2) is 42.1 Å². The molecule has 0 spiro atoms. The van der Waals surface area contributed by atoms with Crippen molar-refractivity contribution >= 4 is 33.8 Å².